The first-order chi connectivity index (χ1) is 14.0. The van der Waals surface area contributed by atoms with Crippen molar-refractivity contribution in [3.05, 3.63) is 82.4 Å². The molecule has 1 aromatic heterocycles. The summed E-state index contributed by atoms with van der Waals surface area (Å²) in [5, 5.41) is 4.25. The fraction of sp³-hybridized carbons (Fsp3) is 0.273. The van der Waals surface area contributed by atoms with E-state index in [0.717, 1.165) is 24.3 Å². The van der Waals surface area contributed by atoms with Gasteiger partial charge in [0.15, 0.2) is 0 Å². The molecule has 0 aliphatic rings. The summed E-state index contributed by atoms with van der Waals surface area (Å²) in [4.78, 5) is 19.2. The average molecular weight is 431 g/mol. The number of carbonyl (C=O) groups is 1. The first-order valence-electron chi connectivity index (χ1n) is 9.58. The number of likely N-dealkylation sites (N-methyl/N-ethyl adjacent to an activating group) is 1. The van der Waals surface area contributed by atoms with Crippen molar-refractivity contribution < 1.29 is 4.79 Å². The summed E-state index contributed by atoms with van der Waals surface area (Å²) in [6, 6.07) is 12.5. The smallest absolute Gasteiger partial charge is 0.251 e. The van der Waals surface area contributed by atoms with Gasteiger partial charge in [0.25, 0.3) is 5.91 Å². The molecule has 152 valence electrons. The number of carbonyl (C=O) groups excluding carboxylic acids is 1. The molecule has 29 heavy (non-hydrogen) atoms. The fourth-order valence-corrected chi connectivity index (χ4v) is 3.72. The van der Waals surface area contributed by atoms with Gasteiger partial charge in [-0.1, -0.05) is 43.1 Å². The van der Waals surface area contributed by atoms with Gasteiger partial charge >= 0.3 is 0 Å². The Morgan fingerprint density at radius 2 is 1.86 bits per heavy atom. The maximum Gasteiger partial charge on any atom is 0.251 e. The molecule has 1 amide bonds. The molecule has 1 atom stereocenters. The van der Waals surface area contributed by atoms with Crippen LogP contribution in [0.1, 0.15) is 35.8 Å². The SMILES string of the molecule is CCN(CC)CC(NC(=O)c1ccc(-n2ccnc2)cc1)c1ccc(Cl)cc1Cl. The second-order valence-corrected chi connectivity index (χ2v) is 7.54. The predicted molar refractivity (Wildman–Crippen MR) is 118 cm³/mol. The highest BCUT2D eigenvalue weighted by atomic mass is 35.5. The molecule has 2 aromatic carbocycles. The molecule has 0 fully saturated rings. The summed E-state index contributed by atoms with van der Waals surface area (Å²) in [6.07, 6.45) is 5.30. The number of benzene rings is 2. The molecule has 0 aliphatic heterocycles. The molecule has 1 heterocycles. The molecule has 0 saturated heterocycles. The van der Waals surface area contributed by atoms with E-state index in [1.807, 2.05) is 41.1 Å². The minimum atomic E-state index is -0.250. The Morgan fingerprint density at radius 1 is 1.14 bits per heavy atom. The van der Waals surface area contributed by atoms with Gasteiger partial charge in [-0.05, 0) is 55.1 Å². The maximum absolute atomic E-state index is 12.9. The van der Waals surface area contributed by atoms with Crippen LogP contribution in [0.5, 0.6) is 0 Å². The molecule has 7 heteroatoms. The molecule has 1 unspecified atom stereocenters. The van der Waals surface area contributed by atoms with E-state index in [0.29, 0.717) is 22.2 Å². The van der Waals surface area contributed by atoms with Crippen molar-refractivity contribution in [3.8, 4) is 5.69 Å². The Hall–Kier alpha value is -2.34. The molecule has 3 aromatic rings. The highest BCUT2D eigenvalue weighted by molar-refractivity contribution is 6.35. The molecule has 0 aliphatic carbocycles. The fourth-order valence-electron chi connectivity index (χ4n) is 3.18. The summed E-state index contributed by atoms with van der Waals surface area (Å²) >= 11 is 12.5. The number of rotatable bonds is 8. The molecule has 3 rings (SSSR count). The van der Waals surface area contributed by atoms with Crippen LogP contribution in [0.3, 0.4) is 0 Å². The van der Waals surface area contributed by atoms with E-state index in [1.54, 1.807) is 24.7 Å². The standard InChI is InChI=1S/C22H24Cl2N4O/c1-3-27(4-2)14-21(19-10-7-17(23)13-20(19)24)26-22(29)16-5-8-18(9-6-16)28-12-11-25-15-28/h5-13,15,21H,3-4,14H2,1-2H3,(H,26,29). The molecule has 0 spiro atoms. The van der Waals surface area contributed by atoms with Gasteiger partial charge in [0.1, 0.15) is 0 Å². The van der Waals surface area contributed by atoms with E-state index in [4.69, 9.17) is 23.2 Å². The number of nitrogens with zero attached hydrogens (tertiary/aromatic N) is 3. The highest BCUT2D eigenvalue weighted by Crippen LogP contribution is 2.27. The van der Waals surface area contributed by atoms with Crippen LogP contribution in [-0.2, 0) is 0 Å². The van der Waals surface area contributed by atoms with Gasteiger partial charge in [-0.25, -0.2) is 4.98 Å². The van der Waals surface area contributed by atoms with E-state index in [-0.39, 0.29) is 11.9 Å². The van der Waals surface area contributed by atoms with Crippen molar-refractivity contribution in [2.45, 2.75) is 19.9 Å². The zero-order valence-corrected chi connectivity index (χ0v) is 18.0. The molecule has 0 radical (unpaired) electrons. The topological polar surface area (TPSA) is 50.2 Å². The summed E-state index contributed by atoms with van der Waals surface area (Å²) < 4.78 is 1.89. The Labute approximate surface area is 181 Å². The molecular weight excluding hydrogens is 407 g/mol. The van der Waals surface area contributed by atoms with E-state index in [2.05, 4.69) is 29.0 Å². The molecule has 0 saturated carbocycles. The number of imidazole rings is 1. The second kappa shape index (κ2) is 9.92. The largest absolute Gasteiger partial charge is 0.344 e. The van der Waals surface area contributed by atoms with Crippen molar-refractivity contribution in [3.63, 3.8) is 0 Å². The van der Waals surface area contributed by atoms with Crippen molar-refractivity contribution in [2.75, 3.05) is 19.6 Å². The third-order valence-electron chi connectivity index (χ3n) is 4.91. The third-order valence-corrected chi connectivity index (χ3v) is 5.47. The third kappa shape index (κ3) is 5.38. The lowest BCUT2D eigenvalue weighted by Gasteiger charge is -2.27. The van der Waals surface area contributed by atoms with E-state index in [9.17, 15) is 4.79 Å². The van der Waals surface area contributed by atoms with Gasteiger partial charge in [0, 0.05) is 40.2 Å². The Morgan fingerprint density at radius 3 is 2.45 bits per heavy atom. The Bertz CT molecular complexity index is 938. The second-order valence-electron chi connectivity index (χ2n) is 6.69. The number of amides is 1. The maximum atomic E-state index is 12.9. The van der Waals surface area contributed by atoms with E-state index < -0.39 is 0 Å². The summed E-state index contributed by atoms with van der Waals surface area (Å²) in [5.74, 6) is -0.148. The van der Waals surface area contributed by atoms with Crippen molar-refractivity contribution in [2.24, 2.45) is 0 Å². The highest BCUT2D eigenvalue weighted by Gasteiger charge is 2.20. The summed E-state index contributed by atoms with van der Waals surface area (Å²) in [5.41, 5.74) is 2.38. The summed E-state index contributed by atoms with van der Waals surface area (Å²) in [7, 11) is 0. The number of hydrogen-bond acceptors (Lipinski definition) is 3. The van der Waals surface area contributed by atoms with Gasteiger partial charge < -0.3 is 14.8 Å². The molecule has 1 N–H and O–H groups in total. The number of halogens is 2. The number of hydrogen-bond donors (Lipinski definition) is 1. The van der Waals surface area contributed by atoms with Gasteiger partial charge in [0.2, 0.25) is 0 Å². The minimum Gasteiger partial charge on any atom is -0.344 e. The van der Waals surface area contributed by atoms with Gasteiger partial charge in [-0.15, -0.1) is 0 Å². The van der Waals surface area contributed by atoms with Crippen molar-refractivity contribution >= 4 is 29.1 Å². The van der Waals surface area contributed by atoms with Gasteiger partial charge in [-0.2, -0.15) is 0 Å². The number of aromatic nitrogens is 2. The molecular formula is C22H24Cl2N4O. The predicted octanol–water partition coefficient (Wildman–Crippen LogP) is 4.99. The lowest BCUT2D eigenvalue weighted by Crippen LogP contribution is -2.38. The van der Waals surface area contributed by atoms with Crippen LogP contribution in [-0.4, -0.2) is 40.0 Å². The molecule has 0 bridgehead atoms. The lowest BCUT2D eigenvalue weighted by molar-refractivity contribution is 0.0925. The van der Waals surface area contributed by atoms with Gasteiger partial charge in [-0.3, -0.25) is 4.79 Å². The van der Waals surface area contributed by atoms with Crippen LogP contribution < -0.4 is 5.32 Å². The van der Waals surface area contributed by atoms with E-state index in [1.165, 1.54) is 0 Å². The van der Waals surface area contributed by atoms with Crippen molar-refractivity contribution in [1.29, 1.82) is 0 Å². The van der Waals surface area contributed by atoms with Crippen molar-refractivity contribution in [1.82, 2.24) is 19.8 Å². The van der Waals surface area contributed by atoms with Crippen LogP contribution >= 0.6 is 23.2 Å². The van der Waals surface area contributed by atoms with Gasteiger partial charge in [0.05, 0.1) is 12.4 Å². The Kier molecular flexibility index (Phi) is 7.31. The zero-order chi connectivity index (χ0) is 20.8. The monoisotopic (exact) mass is 430 g/mol. The van der Waals surface area contributed by atoms with Crippen LogP contribution in [0.2, 0.25) is 10.0 Å². The first kappa shape index (κ1) is 21.4. The summed E-state index contributed by atoms with van der Waals surface area (Å²) in [6.45, 7) is 6.62. The average Bonchev–Trinajstić information content (AvgIpc) is 3.26. The number of nitrogens with one attached hydrogen (secondary N) is 1. The van der Waals surface area contributed by atoms with Crippen LogP contribution in [0.25, 0.3) is 5.69 Å². The normalized spacial score (nSPS) is 12.2. The van der Waals surface area contributed by atoms with Crippen LogP contribution in [0, 0.1) is 0 Å². The first-order valence-corrected chi connectivity index (χ1v) is 10.3. The minimum absolute atomic E-state index is 0.148. The lowest BCUT2D eigenvalue weighted by atomic mass is 10.0. The molecule has 5 nitrogen and oxygen atoms in total. The Balaban J connectivity index is 1.81. The zero-order valence-electron chi connectivity index (χ0n) is 16.5. The van der Waals surface area contributed by atoms with Crippen LogP contribution in [0.15, 0.2) is 61.2 Å². The van der Waals surface area contributed by atoms with E-state index >= 15 is 0 Å². The quantitative estimate of drug-likeness (QED) is 0.547. The van der Waals surface area contributed by atoms with Crippen LogP contribution in [0.4, 0.5) is 0 Å².